The van der Waals surface area contributed by atoms with Crippen LogP contribution in [0.1, 0.15) is 37.7 Å². The number of nitrogens with zero attached hydrogens (tertiary/aromatic N) is 2. The minimum atomic E-state index is -0.605. The van der Waals surface area contributed by atoms with Crippen molar-refractivity contribution in [2.75, 3.05) is 5.32 Å². The van der Waals surface area contributed by atoms with Gasteiger partial charge in [-0.05, 0) is 49.6 Å². The van der Waals surface area contributed by atoms with Crippen LogP contribution in [-0.2, 0) is 22.7 Å². The van der Waals surface area contributed by atoms with E-state index in [9.17, 15) is 19.2 Å². The van der Waals surface area contributed by atoms with E-state index in [-0.39, 0.29) is 37.4 Å². The number of hydrogen-bond donors (Lipinski definition) is 2. The van der Waals surface area contributed by atoms with Gasteiger partial charge < -0.3 is 10.6 Å². The van der Waals surface area contributed by atoms with Crippen molar-refractivity contribution in [2.24, 2.45) is 0 Å². The number of nitrogens with one attached hydrogen (secondary N) is 2. The maximum Gasteiger partial charge on any atom is 0.331 e. The highest BCUT2D eigenvalue weighted by Gasteiger charge is 2.19. The highest BCUT2D eigenvalue weighted by atomic mass is 16.2. The van der Waals surface area contributed by atoms with Crippen LogP contribution in [0, 0.1) is 6.92 Å². The number of para-hydroxylation sites is 1. The zero-order valence-corrected chi connectivity index (χ0v) is 18.7. The lowest BCUT2D eigenvalue weighted by Crippen LogP contribution is -2.43. The molecule has 0 spiro atoms. The molecule has 0 atom stereocenters. The number of anilines is 1. The zero-order chi connectivity index (χ0) is 23.4. The quantitative estimate of drug-likeness (QED) is 0.580. The highest BCUT2D eigenvalue weighted by molar-refractivity contribution is 5.91. The van der Waals surface area contributed by atoms with E-state index in [1.807, 2.05) is 25.1 Å². The Bertz CT molecular complexity index is 1300. The van der Waals surface area contributed by atoms with Gasteiger partial charge in [-0.15, -0.1) is 0 Å². The molecule has 1 heterocycles. The monoisotopic (exact) mass is 448 g/mol. The van der Waals surface area contributed by atoms with E-state index < -0.39 is 11.2 Å². The lowest BCUT2D eigenvalue weighted by atomic mass is 10.2. The lowest BCUT2D eigenvalue weighted by molar-refractivity contribution is -0.122. The third-order valence-corrected chi connectivity index (χ3v) is 6.02. The van der Waals surface area contributed by atoms with Gasteiger partial charge in [-0.1, -0.05) is 37.1 Å². The normalized spacial score (nSPS) is 13.8. The number of aromatic nitrogens is 2. The van der Waals surface area contributed by atoms with E-state index in [4.69, 9.17) is 0 Å². The molecule has 8 heteroatoms. The van der Waals surface area contributed by atoms with Gasteiger partial charge in [-0.25, -0.2) is 4.79 Å². The van der Waals surface area contributed by atoms with Gasteiger partial charge in [0.25, 0.3) is 5.56 Å². The molecular weight excluding hydrogens is 420 g/mol. The van der Waals surface area contributed by atoms with Crippen LogP contribution in [0.3, 0.4) is 0 Å². The van der Waals surface area contributed by atoms with Crippen molar-refractivity contribution in [3.63, 3.8) is 0 Å². The summed E-state index contributed by atoms with van der Waals surface area (Å²) < 4.78 is 2.34. The van der Waals surface area contributed by atoms with Crippen molar-refractivity contribution in [3.8, 4) is 0 Å². The van der Waals surface area contributed by atoms with Gasteiger partial charge in [0.05, 0.1) is 10.9 Å². The lowest BCUT2D eigenvalue weighted by Gasteiger charge is -2.15. The maximum absolute atomic E-state index is 13.2. The van der Waals surface area contributed by atoms with Gasteiger partial charge in [0.15, 0.2) is 0 Å². The molecule has 1 aliphatic carbocycles. The second-order valence-electron chi connectivity index (χ2n) is 8.56. The summed E-state index contributed by atoms with van der Waals surface area (Å²) in [5, 5.41) is 6.10. The van der Waals surface area contributed by atoms with Crippen molar-refractivity contribution in [3.05, 3.63) is 74.9 Å². The van der Waals surface area contributed by atoms with E-state index in [0.717, 1.165) is 35.8 Å². The Kier molecular flexibility index (Phi) is 6.72. The van der Waals surface area contributed by atoms with Crippen LogP contribution in [0.25, 0.3) is 10.9 Å². The first-order valence-corrected chi connectivity index (χ1v) is 11.3. The van der Waals surface area contributed by atoms with Crippen LogP contribution < -0.4 is 21.9 Å². The predicted molar refractivity (Wildman–Crippen MR) is 127 cm³/mol. The summed E-state index contributed by atoms with van der Waals surface area (Å²) in [6.07, 6.45) is 4.16. The molecule has 0 unspecified atom stereocenters. The van der Waals surface area contributed by atoms with Gasteiger partial charge in [-0.2, -0.15) is 0 Å². The minimum absolute atomic E-state index is 0.0273. The van der Waals surface area contributed by atoms with E-state index in [2.05, 4.69) is 10.6 Å². The third-order valence-electron chi connectivity index (χ3n) is 6.02. The van der Waals surface area contributed by atoms with Crippen molar-refractivity contribution in [1.29, 1.82) is 0 Å². The highest BCUT2D eigenvalue weighted by Crippen LogP contribution is 2.17. The fourth-order valence-corrected chi connectivity index (χ4v) is 4.37. The first-order valence-electron chi connectivity index (χ1n) is 11.3. The molecule has 1 aliphatic rings. The number of benzene rings is 2. The van der Waals surface area contributed by atoms with E-state index in [1.165, 1.54) is 4.57 Å². The number of fused-ring (bicyclic) bond motifs is 1. The summed E-state index contributed by atoms with van der Waals surface area (Å²) in [6, 6.07) is 14.2. The average molecular weight is 449 g/mol. The van der Waals surface area contributed by atoms with Crippen molar-refractivity contribution >= 4 is 28.4 Å². The molecule has 0 bridgehead atoms. The topological polar surface area (TPSA) is 102 Å². The fourth-order valence-electron chi connectivity index (χ4n) is 4.37. The summed E-state index contributed by atoms with van der Waals surface area (Å²) in [5.74, 6) is -0.554. The van der Waals surface area contributed by atoms with Gasteiger partial charge in [0.2, 0.25) is 11.8 Å². The summed E-state index contributed by atoms with van der Waals surface area (Å²) in [6.45, 7) is 1.63. The van der Waals surface area contributed by atoms with Gasteiger partial charge in [-0.3, -0.25) is 23.5 Å². The first kappa shape index (κ1) is 22.5. The van der Waals surface area contributed by atoms with Crippen LogP contribution >= 0.6 is 0 Å². The number of rotatable bonds is 7. The van der Waals surface area contributed by atoms with Crippen molar-refractivity contribution < 1.29 is 9.59 Å². The molecule has 0 saturated heterocycles. The molecule has 2 N–H and O–H groups in total. The number of hydrogen-bond acceptors (Lipinski definition) is 4. The number of carbonyl (C=O) groups is 2. The number of amides is 2. The Hall–Kier alpha value is -3.68. The smallest absolute Gasteiger partial charge is 0.331 e. The molecule has 33 heavy (non-hydrogen) atoms. The Morgan fingerprint density at radius 1 is 0.970 bits per heavy atom. The van der Waals surface area contributed by atoms with Crippen LogP contribution in [0.2, 0.25) is 0 Å². The van der Waals surface area contributed by atoms with Gasteiger partial charge in [0, 0.05) is 24.7 Å². The molecule has 1 aromatic heterocycles. The van der Waals surface area contributed by atoms with Crippen LogP contribution in [0.5, 0.6) is 0 Å². The molecular formula is C25H28N4O4. The van der Waals surface area contributed by atoms with E-state index in [1.54, 1.807) is 30.3 Å². The van der Waals surface area contributed by atoms with Crippen LogP contribution in [0.15, 0.2) is 58.1 Å². The summed E-state index contributed by atoms with van der Waals surface area (Å²) in [5.41, 5.74) is 0.957. The van der Waals surface area contributed by atoms with Gasteiger partial charge >= 0.3 is 5.69 Å². The Labute approximate surface area is 191 Å². The zero-order valence-electron chi connectivity index (χ0n) is 18.7. The SMILES string of the molecule is Cc1cccc(NC(=O)Cn2c(=O)n(CCC(=O)NC3CCCC3)c(=O)c3ccccc32)c1. The molecule has 0 radical (unpaired) electrons. The fraction of sp³-hybridized carbons (Fsp3) is 0.360. The predicted octanol–water partition coefficient (Wildman–Crippen LogP) is 2.56. The first-order chi connectivity index (χ1) is 15.9. The largest absolute Gasteiger partial charge is 0.353 e. The molecule has 8 nitrogen and oxygen atoms in total. The third kappa shape index (κ3) is 5.22. The van der Waals surface area contributed by atoms with Crippen LogP contribution in [-0.4, -0.2) is 27.0 Å². The summed E-state index contributed by atoms with van der Waals surface area (Å²) in [4.78, 5) is 51.3. The Morgan fingerprint density at radius 3 is 2.48 bits per heavy atom. The molecule has 0 aliphatic heterocycles. The average Bonchev–Trinajstić information content (AvgIpc) is 3.29. The number of carbonyl (C=O) groups excluding carboxylic acids is 2. The minimum Gasteiger partial charge on any atom is -0.353 e. The molecule has 172 valence electrons. The van der Waals surface area contributed by atoms with E-state index >= 15 is 0 Å². The molecule has 1 saturated carbocycles. The Morgan fingerprint density at radius 2 is 1.73 bits per heavy atom. The molecule has 4 rings (SSSR count). The molecule has 3 aromatic rings. The molecule has 2 aromatic carbocycles. The van der Waals surface area contributed by atoms with E-state index in [0.29, 0.717) is 16.6 Å². The molecule has 1 fully saturated rings. The Balaban J connectivity index is 1.59. The second kappa shape index (κ2) is 9.85. The maximum atomic E-state index is 13.2. The standard InChI is InChI=1S/C25H28N4O4/c1-17-7-6-10-19(15-17)27-23(31)16-29-21-12-5-4-11-20(21)24(32)28(25(29)33)14-13-22(30)26-18-8-2-3-9-18/h4-7,10-12,15,18H,2-3,8-9,13-14,16H2,1H3,(H,26,30)(H,27,31). The summed E-state index contributed by atoms with van der Waals surface area (Å²) >= 11 is 0. The second-order valence-corrected chi connectivity index (χ2v) is 8.56. The molecule has 2 amide bonds. The number of aryl methyl sites for hydroxylation is 1. The van der Waals surface area contributed by atoms with Crippen molar-refractivity contribution in [1.82, 2.24) is 14.5 Å². The van der Waals surface area contributed by atoms with Crippen LogP contribution in [0.4, 0.5) is 5.69 Å². The van der Waals surface area contributed by atoms with Gasteiger partial charge in [0.1, 0.15) is 6.54 Å². The summed E-state index contributed by atoms with van der Waals surface area (Å²) in [7, 11) is 0. The van der Waals surface area contributed by atoms with Crippen molar-refractivity contribution in [2.45, 2.75) is 58.2 Å².